The molecule has 2 N–H and O–H groups in total. The molecule has 0 heterocycles. The van der Waals surface area contributed by atoms with Crippen LogP contribution in [-0.2, 0) is 16.8 Å². The molecule has 1 amide bonds. The van der Waals surface area contributed by atoms with Gasteiger partial charge in [-0.1, -0.05) is 60.7 Å². The summed E-state index contributed by atoms with van der Waals surface area (Å²) in [6.07, 6.45) is 0.0815. The molecule has 126 valence electrons. The largest absolute Gasteiger partial charge is 0.375 e. The molecule has 0 spiro atoms. The lowest BCUT2D eigenvalue weighted by Gasteiger charge is -2.28. The van der Waals surface area contributed by atoms with E-state index in [1.807, 2.05) is 36.4 Å². The van der Waals surface area contributed by atoms with Gasteiger partial charge in [0.25, 0.3) is 5.91 Å². The number of nitrogens with one attached hydrogen (secondary N) is 1. The maximum absolute atomic E-state index is 13.3. The summed E-state index contributed by atoms with van der Waals surface area (Å²) in [5.41, 5.74) is -0.0879. The third-order valence-corrected chi connectivity index (χ3v) is 4.03. The van der Waals surface area contributed by atoms with Gasteiger partial charge in [0, 0.05) is 12.1 Å². The Hall–Kier alpha value is -2.98. The lowest BCUT2D eigenvalue weighted by molar-refractivity contribution is -0.135. The van der Waals surface area contributed by atoms with E-state index in [4.69, 9.17) is 0 Å². The highest BCUT2D eigenvalue weighted by Crippen LogP contribution is 2.28. The highest BCUT2D eigenvalue weighted by Gasteiger charge is 2.38. The van der Waals surface area contributed by atoms with Crippen molar-refractivity contribution < 1.29 is 14.3 Å². The zero-order chi connectivity index (χ0) is 17.7. The van der Waals surface area contributed by atoms with E-state index in [2.05, 4.69) is 5.32 Å². The van der Waals surface area contributed by atoms with E-state index in [1.165, 1.54) is 24.3 Å². The fraction of sp³-hybridized carbons (Fsp3) is 0.0952. The first-order valence-electron chi connectivity index (χ1n) is 7.97. The van der Waals surface area contributed by atoms with Crippen LogP contribution in [0.25, 0.3) is 0 Å². The number of rotatable bonds is 5. The number of hydrogen-bond donors (Lipinski definition) is 2. The average Bonchev–Trinajstić information content (AvgIpc) is 2.64. The first-order valence-corrected chi connectivity index (χ1v) is 7.97. The molecular weight excluding hydrogens is 317 g/mol. The number of amides is 1. The molecule has 0 unspecified atom stereocenters. The molecule has 3 aromatic carbocycles. The highest BCUT2D eigenvalue weighted by molar-refractivity contribution is 5.98. The van der Waals surface area contributed by atoms with Crippen molar-refractivity contribution in [3.63, 3.8) is 0 Å². The summed E-state index contributed by atoms with van der Waals surface area (Å²) in [4.78, 5) is 12.9. The van der Waals surface area contributed by atoms with Gasteiger partial charge >= 0.3 is 0 Å². The number of halogens is 1. The number of anilines is 1. The lowest BCUT2D eigenvalue weighted by Crippen LogP contribution is -2.42. The summed E-state index contributed by atoms with van der Waals surface area (Å²) in [6, 6.07) is 23.5. The Bertz CT molecular complexity index is 835. The van der Waals surface area contributed by atoms with Gasteiger partial charge in [-0.2, -0.15) is 0 Å². The van der Waals surface area contributed by atoms with Crippen LogP contribution >= 0.6 is 0 Å². The van der Waals surface area contributed by atoms with Crippen molar-refractivity contribution in [3.8, 4) is 0 Å². The van der Waals surface area contributed by atoms with Gasteiger partial charge in [-0.3, -0.25) is 4.79 Å². The quantitative estimate of drug-likeness (QED) is 0.743. The van der Waals surface area contributed by atoms with Crippen molar-refractivity contribution in [2.45, 2.75) is 12.0 Å². The summed E-state index contributed by atoms with van der Waals surface area (Å²) >= 11 is 0. The van der Waals surface area contributed by atoms with Crippen LogP contribution in [0, 0.1) is 5.82 Å². The fourth-order valence-electron chi connectivity index (χ4n) is 2.69. The van der Waals surface area contributed by atoms with Crippen molar-refractivity contribution in [1.29, 1.82) is 0 Å². The second-order valence-electron chi connectivity index (χ2n) is 5.85. The summed E-state index contributed by atoms with van der Waals surface area (Å²) in [6.45, 7) is 0. The predicted octanol–water partition coefficient (Wildman–Crippen LogP) is 3.89. The molecule has 0 radical (unpaired) electrons. The van der Waals surface area contributed by atoms with Gasteiger partial charge in [-0.15, -0.1) is 0 Å². The van der Waals surface area contributed by atoms with Crippen LogP contribution in [0.4, 0.5) is 10.1 Å². The standard InChI is InChI=1S/C21H18FNO2/c22-18-13-11-17(12-14-18)21(25,15-16-7-3-1-4-8-16)20(24)23-19-9-5-2-6-10-19/h1-14,25H,15H2,(H,23,24)/t21-/m0/s1. The topological polar surface area (TPSA) is 49.3 Å². The van der Waals surface area contributed by atoms with E-state index in [0.29, 0.717) is 11.3 Å². The monoisotopic (exact) mass is 335 g/mol. The van der Waals surface area contributed by atoms with Crippen LogP contribution in [0.3, 0.4) is 0 Å². The third kappa shape index (κ3) is 3.92. The smallest absolute Gasteiger partial charge is 0.261 e. The number of para-hydroxylation sites is 1. The minimum absolute atomic E-state index is 0.0815. The zero-order valence-corrected chi connectivity index (χ0v) is 13.5. The molecular formula is C21H18FNO2. The molecule has 0 aromatic heterocycles. The van der Waals surface area contributed by atoms with Crippen molar-refractivity contribution in [1.82, 2.24) is 0 Å². The minimum atomic E-state index is -1.81. The van der Waals surface area contributed by atoms with Gasteiger partial charge in [0.2, 0.25) is 0 Å². The van der Waals surface area contributed by atoms with E-state index in [9.17, 15) is 14.3 Å². The van der Waals surface area contributed by atoms with Crippen LogP contribution in [0.5, 0.6) is 0 Å². The first-order chi connectivity index (χ1) is 12.1. The molecule has 3 nitrogen and oxygen atoms in total. The van der Waals surface area contributed by atoms with E-state index in [0.717, 1.165) is 5.56 Å². The maximum Gasteiger partial charge on any atom is 0.261 e. The summed E-state index contributed by atoms with van der Waals surface area (Å²) < 4.78 is 13.3. The van der Waals surface area contributed by atoms with Crippen LogP contribution in [0.2, 0.25) is 0 Å². The molecule has 0 bridgehead atoms. The maximum atomic E-state index is 13.3. The summed E-state index contributed by atoms with van der Waals surface area (Å²) in [5, 5.41) is 14.0. The molecule has 0 aliphatic rings. The average molecular weight is 335 g/mol. The third-order valence-electron chi connectivity index (χ3n) is 4.03. The first kappa shape index (κ1) is 16.9. The lowest BCUT2D eigenvalue weighted by atomic mass is 9.86. The van der Waals surface area contributed by atoms with Gasteiger partial charge in [-0.05, 0) is 35.4 Å². The molecule has 0 saturated heterocycles. The van der Waals surface area contributed by atoms with Gasteiger partial charge in [-0.25, -0.2) is 4.39 Å². The molecule has 0 saturated carbocycles. The Morgan fingerprint density at radius 2 is 1.44 bits per heavy atom. The molecule has 0 fully saturated rings. The Morgan fingerprint density at radius 1 is 0.880 bits per heavy atom. The highest BCUT2D eigenvalue weighted by atomic mass is 19.1. The Labute approximate surface area is 145 Å². The molecule has 4 heteroatoms. The number of aliphatic hydroxyl groups is 1. The summed E-state index contributed by atoms with van der Waals surface area (Å²) in [5.74, 6) is -0.983. The van der Waals surface area contributed by atoms with Crippen molar-refractivity contribution in [3.05, 3.63) is 102 Å². The predicted molar refractivity (Wildman–Crippen MR) is 95.5 cm³/mol. The van der Waals surface area contributed by atoms with Crippen LogP contribution < -0.4 is 5.32 Å². The van der Waals surface area contributed by atoms with E-state index in [-0.39, 0.29) is 6.42 Å². The normalized spacial score (nSPS) is 13.0. The number of benzene rings is 3. The van der Waals surface area contributed by atoms with E-state index < -0.39 is 17.3 Å². The van der Waals surface area contributed by atoms with Crippen LogP contribution in [0.1, 0.15) is 11.1 Å². The van der Waals surface area contributed by atoms with Crippen molar-refractivity contribution >= 4 is 11.6 Å². The summed E-state index contributed by atoms with van der Waals surface area (Å²) in [7, 11) is 0. The van der Waals surface area contributed by atoms with E-state index >= 15 is 0 Å². The zero-order valence-electron chi connectivity index (χ0n) is 13.5. The molecule has 25 heavy (non-hydrogen) atoms. The molecule has 1 atom stereocenters. The minimum Gasteiger partial charge on any atom is -0.375 e. The molecule has 0 aliphatic heterocycles. The Balaban J connectivity index is 1.95. The van der Waals surface area contributed by atoms with Crippen LogP contribution in [0.15, 0.2) is 84.9 Å². The number of carbonyl (C=O) groups is 1. The second-order valence-corrected chi connectivity index (χ2v) is 5.85. The Morgan fingerprint density at radius 3 is 2.04 bits per heavy atom. The molecule has 0 aliphatic carbocycles. The fourth-order valence-corrected chi connectivity index (χ4v) is 2.69. The molecule has 3 aromatic rings. The van der Waals surface area contributed by atoms with Crippen molar-refractivity contribution in [2.75, 3.05) is 5.32 Å². The van der Waals surface area contributed by atoms with E-state index in [1.54, 1.807) is 24.3 Å². The van der Waals surface area contributed by atoms with Gasteiger partial charge < -0.3 is 10.4 Å². The second kappa shape index (κ2) is 7.28. The van der Waals surface area contributed by atoms with Crippen LogP contribution in [-0.4, -0.2) is 11.0 Å². The van der Waals surface area contributed by atoms with Crippen molar-refractivity contribution in [2.24, 2.45) is 0 Å². The van der Waals surface area contributed by atoms with Gasteiger partial charge in [0.05, 0.1) is 0 Å². The number of hydrogen-bond acceptors (Lipinski definition) is 2. The Kier molecular flexibility index (Phi) is 4.91. The van der Waals surface area contributed by atoms with Gasteiger partial charge in [0.15, 0.2) is 5.60 Å². The molecule has 3 rings (SSSR count). The van der Waals surface area contributed by atoms with Gasteiger partial charge in [0.1, 0.15) is 5.82 Å². The SMILES string of the molecule is O=C(Nc1ccccc1)[C@](O)(Cc1ccccc1)c1ccc(F)cc1. The number of carbonyl (C=O) groups excluding carboxylic acids is 1.